The molecule has 0 bridgehead atoms. The molecular formula is C15H10O11S2. The molecule has 0 aliphatic heterocycles. The molecule has 3 aromatic rings. The molecule has 0 saturated heterocycles. The Morgan fingerprint density at radius 2 is 1.50 bits per heavy atom. The SMILES string of the molecule is [2H]c1c([2H])c(-c2coc3cc(OS(=O)(=O)O)cc(O)c3c2=O)c([2H])c([2H])c1OS(=O)(=O)O. The van der Waals surface area contributed by atoms with Crippen LogP contribution < -0.4 is 13.8 Å². The van der Waals surface area contributed by atoms with Crippen LogP contribution in [-0.4, -0.2) is 31.0 Å². The number of benzene rings is 2. The van der Waals surface area contributed by atoms with Crippen LogP contribution in [0.4, 0.5) is 0 Å². The molecule has 0 aliphatic carbocycles. The molecule has 3 N–H and O–H groups in total. The van der Waals surface area contributed by atoms with Crippen molar-refractivity contribution in [3.8, 4) is 28.4 Å². The maximum Gasteiger partial charge on any atom is 0.446 e. The van der Waals surface area contributed by atoms with Crippen molar-refractivity contribution in [2.24, 2.45) is 0 Å². The lowest BCUT2D eigenvalue weighted by Gasteiger charge is -2.07. The summed E-state index contributed by atoms with van der Waals surface area (Å²) in [4.78, 5) is 12.9. The number of rotatable bonds is 5. The molecule has 0 radical (unpaired) electrons. The first-order valence-corrected chi connectivity index (χ1v) is 9.56. The number of hydrogen-bond acceptors (Lipinski definition) is 9. The molecule has 1 heterocycles. The molecule has 0 unspecified atom stereocenters. The molecule has 11 nitrogen and oxygen atoms in total. The van der Waals surface area contributed by atoms with Crippen LogP contribution in [0, 0.1) is 0 Å². The van der Waals surface area contributed by atoms with Crippen LogP contribution in [0.1, 0.15) is 5.48 Å². The number of hydrogen-bond donors (Lipinski definition) is 3. The molecule has 0 atom stereocenters. The average Bonchev–Trinajstić information content (AvgIpc) is 2.63. The third-order valence-electron chi connectivity index (χ3n) is 3.09. The molecule has 0 spiro atoms. The van der Waals surface area contributed by atoms with Crippen molar-refractivity contribution in [2.75, 3.05) is 0 Å². The zero-order valence-electron chi connectivity index (χ0n) is 17.2. The zero-order valence-corrected chi connectivity index (χ0v) is 14.8. The third-order valence-corrected chi connectivity index (χ3v) is 3.87. The Bertz CT molecular complexity index is 1520. The number of phenols is 1. The van der Waals surface area contributed by atoms with Crippen molar-refractivity contribution in [1.82, 2.24) is 0 Å². The van der Waals surface area contributed by atoms with Crippen molar-refractivity contribution in [2.45, 2.75) is 0 Å². The van der Waals surface area contributed by atoms with E-state index < -0.39 is 89.7 Å². The second-order valence-electron chi connectivity index (χ2n) is 5.02. The highest BCUT2D eigenvalue weighted by atomic mass is 32.3. The Hall–Kier alpha value is -3.13. The van der Waals surface area contributed by atoms with Gasteiger partial charge in [-0.3, -0.25) is 13.9 Å². The van der Waals surface area contributed by atoms with E-state index in [2.05, 4.69) is 8.37 Å². The van der Waals surface area contributed by atoms with Gasteiger partial charge in [-0.15, -0.1) is 0 Å². The molecule has 28 heavy (non-hydrogen) atoms. The summed E-state index contributed by atoms with van der Waals surface area (Å²) in [7, 11) is -10.1. The van der Waals surface area contributed by atoms with Crippen molar-refractivity contribution in [3.05, 3.63) is 52.8 Å². The van der Waals surface area contributed by atoms with E-state index in [1.54, 1.807) is 0 Å². The first-order valence-electron chi connectivity index (χ1n) is 8.83. The van der Waals surface area contributed by atoms with Gasteiger partial charge in [-0.05, 0) is 17.6 Å². The fourth-order valence-electron chi connectivity index (χ4n) is 2.13. The van der Waals surface area contributed by atoms with Crippen molar-refractivity contribution in [3.63, 3.8) is 0 Å². The van der Waals surface area contributed by atoms with E-state index in [0.29, 0.717) is 12.3 Å². The van der Waals surface area contributed by atoms with Crippen LogP contribution in [0.5, 0.6) is 17.2 Å². The van der Waals surface area contributed by atoms with Crippen LogP contribution >= 0.6 is 0 Å². The first kappa shape index (κ1) is 14.9. The molecule has 13 heteroatoms. The summed E-state index contributed by atoms with van der Waals surface area (Å²) in [5, 5.41) is 9.57. The largest absolute Gasteiger partial charge is 0.507 e. The first-order chi connectivity index (χ1) is 14.6. The van der Waals surface area contributed by atoms with Gasteiger partial charge in [0.2, 0.25) is 5.43 Å². The highest BCUT2D eigenvalue weighted by Gasteiger charge is 2.17. The van der Waals surface area contributed by atoms with Gasteiger partial charge >= 0.3 is 20.8 Å². The zero-order chi connectivity index (χ0) is 24.2. The topological polar surface area (TPSA) is 178 Å². The molecule has 148 valence electrons. The highest BCUT2D eigenvalue weighted by Crippen LogP contribution is 2.31. The van der Waals surface area contributed by atoms with Crippen molar-refractivity contribution >= 4 is 31.8 Å². The molecular weight excluding hydrogens is 420 g/mol. The summed E-state index contributed by atoms with van der Waals surface area (Å²) in [5.41, 5.74) is -2.70. The van der Waals surface area contributed by atoms with Gasteiger partial charge in [-0.2, -0.15) is 16.8 Å². The minimum absolute atomic E-state index is 0.418. The lowest BCUT2D eigenvalue weighted by Crippen LogP contribution is -2.08. The Balaban J connectivity index is 2.29. The Morgan fingerprint density at radius 3 is 2.07 bits per heavy atom. The van der Waals surface area contributed by atoms with Crippen LogP contribution in [-0.2, 0) is 20.8 Å². The monoisotopic (exact) mass is 434 g/mol. The van der Waals surface area contributed by atoms with Gasteiger partial charge in [0.05, 0.1) is 11.0 Å². The predicted molar refractivity (Wildman–Crippen MR) is 93.9 cm³/mol. The summed E-state index contributed by atoms with van der Waals surface area (Å²) in [6.45, 7) is 0. The number of aromatic hydroxyl groups is 1. The van der Waals surface area contributed by atoms with Crippen LogP contribution in [0.15, 0.2) is 51.8 Å². The summed E-state index contributed by atoms with van der Waals surface area (Å²) in [6.07, 6.45) is 0.689. The highest BCUT2D eigenvalue weighted by molar-refractivity contribution is 7.81. The maximum absolute atomic E-state index is 12.9. The second kappa shape index (κ2) is 6.79. The van der Waals surface area contributed by atoms with Gasteiger partial charge in [0.15, 0.2) is 5.75 Å². The Labute approximate surface area is 162 Å². The average molecular weight is 434 g/mol. The van der Waals surface area contributed by atoms with Crippen LogP contribution in [0.3, 0.4) is 0 Å². The van der Waals surface area contributed by atoms with Crippen molar-refractivity contribution < 1.29 is 49.3 Å². The lowest BCUT2D eigenvalue weighted by molar-refractivity contribution is 0.383. The summed E-state index contributed by atoms with van der Waals surface area (Å²) >= 11 is 0. The smallest absolute Gasteiger partial charge is 0.446 e. The predicted octanol–water partition coefficient (Wildman–Crippen LogP) is 1.53. The quantitative estimate of drug-likeness (QED) is 0.496. The lowest BCUT2D eigenvalue weighted by atomic mass is 10.0. The van der Waals surface area contributed by atoms with Gasteiger partial charge in [-0.1, -0.05) is 12.1 Å². The fourth-order valence-corrected chi connectivity index (χ4v) is 2.77. The van der Waals surface area contributed by atoms with Crippen LogP contribution in [0.25, 0.3) is 22.1 Å². The minimum Gasteiger partial charge on any atom is -0.507 e. The molecule has 0 saturated carbocycles. The molecule has 0 amide bonds. The fraction of sp³-hybridized carbons (Fsp3) is 0. The van der Waals surface area contributed by atoms with Gasteiger partial charge in [-0.25, -0.2) is 0 Å². The summed E-state index contributed by atoms with van der Waals surface area (Å²) in [5.74, 6) is -2.59. The normalized spacial score (nSPS) is 14.1. The van der Waals surface area contributed by atoms with Crippen molar-refractivity contribution in [1.29, 1.82) is 0 Å². The van der Waals surface area contributed by atoms with E-state index in [1.807, 2.05) is 0 Å². The summed E-state index contributed by atoms with van der Waals surface area (Å²) in [6, 6.07) is -2.44. The number of phenolic OH excluding ortho intramolecular Hbond substituents is 1. The minimum atomic E-state index is -5.19. The molecule has 1 aromatic heterocycles. The van der Waals surface area contributed by atoms with Gasteiger partial charge < -0.3 is 17.9 Å². The Kier molecular flexibility index (Phi) is 3.61. The van der Waals surface area contributed by atoms with E-state index in [0.717, 1.165) is 6.07 Å². The van der Waals surface area contributed by atoms with Gasteiger partial charge in [0.1, 0.15) is 28.7 Å². The van der Waals surface area contributed by atoms with E-state index in [1.165, 1.54) is 0 Å². The molecule has 2 aromatic carbocycles. The van der Waals surface area contributed by atoms with Crippen LogP contribution in [0.2, 0.25) is 0 Å². The number of fused-ring (bicyclic) bond motifs is 1. The Morgan fingerprint density at radius 1 is 0.929 bits per heavy atom. The van der Waals surface area contributed by atoms with E-state index in [4.69, 9.17) is 19.0 Å². The molecule has 3 rings (SSSR count). The van der Waals surface area contributed by atoms with Gasteiger partial charge in [0, 0.05) is 12.1 Å². The second-order valence-corrected chi connectivity index (χ2v) is 7.06. The maximum atomic E-state index is 12.9. The summed E-state index contributed by atoms with van der Waals surface area (Å²) < 4.78 is 106. The molecule has 0 aliphatic rings. The molecule has 0 fully saturated rings. The van der Waals surface area contributed by atoms with E-state index in [9.17, 15) is 26.7 Å². The third kappa shape index (κ3) is 4.40. The van der Waals surface area contributed by atoms with Gasteiger partial charge in [0.25, 0.3) is 0 Å². The standard InChI is InChI=1S/C15H10O11S2/c16-12-5-10(26-28(21,22)23)6-13-14(12)15(17)11(7-24-13)8-1-3-9(4-2-8)25-27(18,19)20/h1-7,16H,(H,18,19,20)(H,21,22,23)/i1D,2D,3D,4D. The van der Waals surface area contributed by atoms with E-state index in [-0.39, 0.29) is 0 Å². The van der Waals surface area contributed by atoms with E-state index >= 15 is 0 Å².